The first-order valence-electron chi connectivity index (χ1n) is 5.50. The van der Waals surface area contributed by atoms with Crippen LogP contribution < -0.4 is 0 Å². The largest absolute Gasteiger partial charge is 0.441 e. The SMILES string of the molecule is Cc1cc(-c2ccc3nc(C)oc3c2)nc(Br)n1. The van der Waals surface area contributed by atoms with Crippen LogP contribution in [0.4, 0.5) is 0 Å². The third kappa shape index (κ3) is 2.01. The van der Waals surface area contributed by atoms with Crippen LogP contribution in [-0.2, 0) is 0 Å². The maximum Gasteiger partial charge on any atom is 0.197 e. The smallest absolute Gasteiger partial charge is 0.197 e. The molecule has 0 N–H and O–H groups in total. The van der Waals surface area contributed by atoms with Crippen LogP contribution in [0.3, 0.4) is 0 Å². The normalized spacial score (nSPS) is 11.1. The summed E-state index contributed by atoms with van der Waals surface area (Å²) in [6.07, 6.45) is 0. The van der Waals surface area contributed by atoms with E-state index in [-0.39, 0.29) is 0 Å². The molecule has 0 atom stereocenters. The molecule has 2 heterocycles. The second-order valence-electron chi connectivity index (χ2n) is 4.08. The zero-order valence-electron chi connectivity index (χ0n) is 9.94. The third-order valence-electron chi connectivity index (χ3n) is 2.62. The van der Waals surface area contributed by atoms with E-state index >= 15 is 0 Å². The standard InChI is InChI=1S/C13H10BrN3O/c1-7-5-11(17-13(14)15-7)9-3-4-10-12(6-9)18-8(2)16-10/h3-6H,1-2H3. The van der Waals surface area contributed by atoms with E-state index in [0.29, 0.717) is 10.6 Å². The van der Waals surface area contributed by atoms with Crippen molar-refractivity contribution in [2.45, 2.75) is 13.8 Å². The molecule has 0 aliphatic heterocycles. The minimum Gasteiger partial charge on any atom is -0.441 e. The lowest BCUT2D eigenvalue weighted by Crippen LogP contribution is -1.90. The van der Waals surface area contributed by atoms with Gasteiger partial charge < -0.3 is 4.42 Å². The fourth-order valence-corrected chi connectivity index (χ4v) is 2.35. The summed E-state index contributed by atoms with van der Waals surface area (Å²) in [4.78, 5) is 12.8. The van der Waals surface area contributed by atoms with Crippen LogP contribution >= 0.6 is 15.9 Å². The van der Waals surface area contributed by atoms with E-state index < -0.39 is 0 Å². The Bertz CT molecular complexity index is 716. The Morgan fingerprint density at radius 2 is 1.89 bits per heavy atom. The van der Waals surface area contributed by atoms with Gasteiger partial charge in [-0.1, -0.05) is 6.07 Å². The molecule has 18 heavy (non-hydrogen) atoms. The van der Waals surface area contributed by atoms with Gasteiger partial charge in [0.15, 0.2) is 16.2 Å². The summed E-state index contributed by atoms with van der Waals surface area (Å²) in [5, 5.41) is 0. The molecule has 0 fully saturated rings. The molecule has 0 unspecified atom stereocenters. The number of aromatic nitrogens is 3. The zero-order chi connectivity index (χ0) is 12.7. The highest BCUT2D eigenvalue weighted by atomic mass is 79.9. The van der Waals surface area contributed by atoms with Gasteiger partial charge in [0.05, 0.1) is 5.69 Å². The van der Waals surface area contributed by atoms with E-state index in [4.69, 9.17) is 4.42 Å². The van der Waals surface area contributed by atoms with E-state index in [1.807, 2.05) is 38.1 Å². The number of rotatable bonds is 1. The van der Waals surface area contributed by atoms with E-state index in [1.54, 1.807) is 0 Å². The highest BCUT2D eigenvalue weighted by Crippen LogP contribution is 2.24. The predicted octanol–water partition coefficient (Wildman–Crippen LogP) is 3.66. The molecule has 0 bridgehead atoms. The van der Waals surface area contributed by atoms with Gasteiger partial charge in [-0.15, -0.1) is 0 Å². The molecule has 4 nitrogen and oxygen atoms in total. The van der Waals surface area contributed by atoms with Crippen molar-refractivity contribution in [1.29, 1.82) is 0 Å². The van der Waals surface area contributed by atoms with Crippen molar-refractivity contribution in [2.24, 2.45) is 0 Å². The summed E-state index contributed by atoms with van der Waals surface area (Å²) in [5.41, 5.74) is 4.41. The minimum atomic E-state index is 0.589. The van der Waals surface area contributed by atoms with E-state index in [2.05, 4.69) is 30.9 Å². The fraction of sp³-hybridized carbons (Fsp3) is 0.154. The van der Waals surface area contributed by atoms with Crippen LogP contribution in [-0.4, -0.2) is 15.0 Å². The molecule has 0 saturated heterocycles. The zero-order valence-corrected chi connectivity index (χ0v) is 11.5. The van der Waals surface area contributed by atoms with Gasteiger partial charge in [-0.05, 0) is 41.1 Å². The first-order chi connectivity index (χ1) is 8.61. The molecule has 2 aromatic heterocycles. The molecular formula is C13H10BrN3O. The molecule has 0 radical (unpaired) electrons. The Morgan fingerprint density at radius 3 is 2.67 bits per heavy atom. The van der Waals surface area contributed by atoms with Gasteiger partial charge in [-0.25, -0.2) is 15.0 Å². The number of halogens is 1. The van der Waals surface area contributed by atoms with Crippen molar-refractivity contribution in [1.82, 2.24) is 15.0 Å². The van der Waals surface area contributed by atoms with E-state index in [9.17, 15) is 0 Å². The molecule has 0 amide bonds. The van der Waals surface area contributed by atoms with Crippen molar-refractivity contribution in [3.63, 3.8) is 0 Å². The molecule has 0 aliphatic rings. The lowest BCUT2D eigenvalue weighted by molar-refractivity contribution is 0.561. The summed E-state index contributed by atoms with van der Waals surface area (Å²) >= 11 is 3.31. The second kappa shape index (κ2) is 4.17. The van der Waals surface area contributed by atoms with Crippen LogP contribution in [0.2, 0.25) is 0 Å². The average molecular weight is 304 g/mol. The first kappa shape index (κ1) is 11.3. The fourth-order valence-electron chi connectivity index (χ4n) is 1.88. The predicted molar refractivity (Wildman–Crippen MR) is 72.2 cm³/mol. The van der Waals surface area contributed by atoms with Crippen LogP contribution in [0, 0.1) is 13.8 Å². The van der Waals surface area contributed by atoms with E-state index in [1.165, 1.54) is 0 Å². The minimum absolute atomic E-state index is 0.589. The van der Waals surface area contributed by atoms with Crippen LogP contribution in [0.15, 0.2) is 33.4 Å². The maximum absolute atomic E-state index is 5.52. The molecule has 5 heteroatoms. The Kier molecular flexibility index (Phi) is 2.63. The summed E-state index contributed by atoms with van der Waals surface area (Å²) in [7, 11) is 0. The molecule has 0 spiro atoms. The van der Waals surface area contributed by atoms with Crippen LogP contribution in [0.25, 0.3) is 22.4 Å². The maximum atomic E-state index is 5.52. The number of hydrogen-bond acceptors (Lipinski definition) is 4. The van der Waals surface area contributed by atoms with Gasteiger partial charge >= 0.3 is 0 Å². The number of oxazole rings is 1. The Hall–Kier alpha value is -1.75. The molecule has 0 saturated carbocycles. The average Bonchev–Trinajstić information content (AvgIpc) is 2.66. The Balaban J connectivity index is 2.18. The number of nitrogens with zero attached hydrogens (tertiary/aromatic N) is 3. The summed E-state index contributed by atoms with van der Waals surface area (Å²) in [6.45, 7) is 3.78. The number of hydrogen-bond donors (Lipinski definition) is 0. The van der Waals surface area contributed by atoms with Crippen LogP contribution in [0.5, 0.6) is 0 Å². The molecule has 0 aliphatic carbocycles. The highest BCUT2D eigenvalue weighted by Gasteiger charge is 2.07. The van der Waals surface area contributed by atoms with Gasteiger partial charge in [0, 0.05) is 18.2 Å². The van der Waals surface area contributed by atoms with E-state index in [0.717, 1.165) is 28.1 Å². The molecule has 3 rings (SSSR count). The molecule has 1 aromatic carbocycles. The summed E-state index contributed by atoms with van der Waals surface area (Å²) in [5.74, 6) is 0.669. The van der Waals surface area contributed by atoms with Gasteiger partial charge in [-0.2, -0.15) is 0 Å². The van der Waals surface area contributed by atoms with Crippen molar-refractivity contribution in [3.8, 4) is 11.3 Å². The lowest BCUT2D eigenvalue weighted by atomic mass is 10.1. The molecule has 3 aromatic rings. The number of aryl methyl sites for hydroxylation is 2. The molecular weight excluding hydrogens is 294 g/mol. The van der Waals surface area contributed by atoms with Crippen molar-refractivity contribution in [2.75, 3.05) is 0 Å². The highest BCUT2D eigenvalue weighted by molar-refractivity contribution is 9.10. The van der Waals surface area contributed by atoms with Crippen molar-refractivity contribution >= 4 is 27.0 Å². The van der Waals surface area contributed by atoms with Crippen LogP contribution in [0.1, 0.15) is 11.6 Å². The number of benzene rings is 1. The lowest BCUT2D eigenvalue weighted by Gasteiger charge is -2.02. The monoisotopic (exact) mass is 303 g/mol. The quantitative estimate of drug-likeness (QED) is 0.644. The van der Waals surface area contributed by atoms with Gasteiger partial charge in [0.2, 0.25) is 0 Å². The Morgan fingerprint density at radius 1 is 1.06 bits per heavy atom. The summed E-state index contributed by atoms with van der Waals surface area (Å²) in [6, 6.07) is 7.81. The van der Waals surface area contributed by atoms with Crippen molar-refractivity contribution < 1.29 is 4.42 Å². The summed E-state index contributed by atoms with van der Waals surface area (Å²) < 4.78 is 6.11. The number of fused-ring (bicyclic) bond motifs is 1. The third-order valence-corrected chi connectivity index (χ3v) is 2.97. The topological polar surface area (TPSA) is 51.8 Å². The Labute approximate surface area is 112 Å². The van der Waals surface area contributed by atoms with Gasteiger partial charge in [0.25, 0.3) is 0 Å². The van der Waals surface area contributed by atoms with Crippen molar-refractivity contribution in [3.05, 3.63) is 40.6 Å². The second-order valence-corrected chi connectivity index (χ2v) is 4.79. The molecule has 90 valence electrons. The first-order valence-corrected chi connectivity index (χ1v) is 6.30. The van der Waals surface area contributed by atoms with Gasteiger partial charge in [0.1, 0.15) is 5.52 Å². The van der Waals surface area contributed by atoms with Gasteiger partial charge in [-0.3, -0.25) is 0 Å².